The molecule has 21 heteroatoms. The van der Waals surface area contributed by atoms with Crippen molar-refractivity contribution in [2.75, 3.05) is 36.9 Å². The molecule has 1 aromatic rings. The van der Waals surface area contributed by atoms with Crippen LogP contribution in [0.2, 0.25) is 0 Å². The van der Waals surface area contributed by atoms with E-state index >= 15 is 0 Å². The SMILES string of the molecule is CC(C)C[C@H](NC1NCCS1)C(=O)N[C@@H](Cc1ccc(O)cc1)C(=O)N[C@@H](CCCN=C(N)N)C(=O)N[C@@H](C)C(=O)NCC(=O)SCCS(=O)(=O)O. The molecule has 12 N–H and O–H groups in total. The molecular formula is C31H51N9O9S3. The molecule has 1 heterocycles. The molecule has 52 heavy (non-hydrogen) atoms. The minimum atomic E-state index is -4.24. The number of aliphatic imine (C=N–C) groups is 1. The molecule has 0 bridgehead atoms. The van der Waals surface area contributed by atoms with E-state index in [0.717, 1.165) is 12.3 Å². The molecule has 4 amide bonds. The second-order valence-corrected chi connectivity index (χ2v) is 16.4. The maximum absolute atomic E-state index is 13.9. The summed E-state index contributed by atoms with van der Waals surface area (Å²) in [5.74, 6) is -2.49. The van der Waals surface area contributed by atoms with Gasteiger partial charge in [0, 0.05) is 31.0 Å². The highest BCUT2D eigenvalue weighted by Gasteiger charge is 2.32. The van der Waals surface area contributed by atoms with Gasteiger partial charge in [0.25, 0.3) is 10.1 Å². The zero-order valence-electron chi connectivity index (χ0n) is 29.4. The number of aromatic hydroxyl groups is 1. The number of rotatable bonds is 22. The average Bonchev–Trinajstić information content (AvgIpc) is 3.57. The van der Waals surface area contributed by atoms with Gasteiger partial charge in [-0.25, -0.2) is 0 Å². The Labute approximate surface area is 312 Å². The number of nitrogens with zero attached hydrogens (tertiary/aromatic N) is 1. The Morgan fingerprint density at radius 1 is 0.981 bits per heavy atom. The molecule has 1 unspecified atom stereocenters. The summed E-state index contributed by atoms with van der Waals surface area (Å²) in [6.45, 7) is 5.79. The summed E-state index contributed by atoms with van der Waals surface area (Å²) in [5.41, 5.74) is 11.3. The van der Waals surface area contributed by atoms with Crippen LogP contribution in [0.3, 0.4) is 0 Å². The number of phenols is 1. The first-order valence-electron chi connectivity index (χ1n) is 16.7. The molecule has 1 aliphatic heterocycles. The Bertz CT molecular complexity index is 1490. The lowest BCUT2D eigenvalue weighted by molar-refractivity contribution is -0.134. The first-order chi connectivity index (χ1) is 24.4. The van der Waals surface area contributed by atoms with Gasteiger partial charge in [-0.3, -0.25) is 44.2 Å². The molecule has 0 aliphatic carbocycles. The fourth-order valence-corrected chi connectivity index (χ4v) is 7.38. The van der Waals surface area contributed by atoms with Crippen LogP contribution in [0.5, 0.6) is 5.75 Å². The molecule has 0 spiro atoms. The van der Waals surface area contributed by atoms with Crippen LogP contribution in [0.1, 0.15) is 45.6 Å². The predicted octanol–water partition coefficient (Wildman–Crippen LogP) is -1.65. The third-order valence-corrected chi connectivity index (χ3v) is 10.4. The van der Waals surface area contributed by atoms with Gasteiger partial charge in [0.05, 0.1) is 18.3 Å². The van der Waals surface area contributed by atoms with Crippen molar-refractivity contribution in [3.05, 3.63) is 29.8 Å². The highest BCUT2D eigenvalue weighted by atomic mass is 32.2. The average molecular weight is 790 g/mol. The van der Waals surface area contributed by atoms with Gasteiger partial charge in [-0.15, -0.1) is 11.8 Å². The van der Waals surface area contributed by atoms with Crippen LogP contribution < -0.4 is 43.4 Å². The van der Waals surface area contributed by atoms with E-state index in [-0.39, 0.29) is 54.7 Å². The van der Waals surface area contributed by atoms with Crippen molar-refractivity contribution in [3.63, 3.8) is 0 Å². The van der Waals surface area contributed by atoms with Crippen LogP contribution in [0, 0.1) is 5.92 Å². The number of thioether (sulfide) groups is 2. The zero-order chi connectivity index (χ0) is 38.8. The fourth-order valence-electron chi connectivity index (χ4n) is 4.84. The number of phenolic OH excluding ortho intramolecular Hbond substituents is 1. The Kier molecular flexibility index (Phi) is 19.2. The molecule has 0 radical (unpaired) electrons. The maximum Gasteiger partial charge on any atom is 0.265 e. The number of nitrogens with two attached hydrogens (primary N) is 2. The second-order valence-electron chi connectivity index (χ2n) is 12.5. The van der Waals surface area contributed by atoms with Gasteiger partial charge in [-0.1, -0.05) is 37.7 Å². The second kappa shape index (κ2) is 22.4. The molecule has 0 saturated carbocycles. The fraction of sp³-hybridized carbons (Fsp3) is 0.613. The molecule has 1 fully saturated rings. The van der Waals surface area contributed by atoms with Crippen molar-refractivity contribution in [1.29, 1.82) is 0 Å². The molecule has 2 rings (SSSR count). The van der Waals surface area contributed by atoms with Gasteiger partial charge in [0.2, 0.25) is 28.7 Å². The van der Waals surface area contributed by atoms with Gasteiger partial charge in [-0.05, 0) is 49.8 Å². The number of hydrogen-bond donors (Lipinski definition) is 10. The van der Waals surface area contributed by atoms with Crippen molar-refractivity contribution in [3.8, 4) is 5.75 Å². The van der Waals surface area contributed by atoms with E-state index in [1.165, 1.54) is 19.1 Å². The van der Waals surface area contributed by atoms with Gasteiger partial charge < -0.3 is 37.8 Å². The minimum Gasteiger partial charge on any atom is -0.508 e. The predicted molar refractivity (Wildman–Crippen MR) is 201 cm³/mol. The summed E-state index contributed by atoms with van der Waals surface area (Å²) in [7, 11) is -4.24. The van der Waals surface area contributed by atoms with Crippen molar-refractivity contribution >= 4 is 68.3 Å². The molecular weight excluding hydrogens is 739 g/mol. The first-order valence-corrected chi connectivity index (χ1v) is 20.3. The number of carbonyl (C=O) groups excluding carboxylic acids is 5. The van der Waals surface area contributed by atoms with Gasteiger partial charge >= 0.3 is 0 Å². The van der Waals surface area contributed by atoms with Crippen LogP contribution >= 0.6 is 23.5 Å². The highest BCUT2D eigenvalue weighted by molar-refractivity contribution is 8.14. The summed E-state index contributed by atoms with van der Waals surface area (Å²) >= 11 is 2.24. The van der Waals surface area contributed by atoms with E-state index in [1.807, 2.05) is 13.8 Å². The smallest absolute Gasteiger partial charge is 0.265 e. The van der Waals surface area contributed by atoms with Crippen LogP contribution in [0.4, 0.5) is 0 Å². The summed E-state index contributed by atoms with van der Waals surface area (Å²) in [4.78, 5) is 69.7. The number of benzene rings is 1. The number of guanidine groups is 1. The lowest BCUT2D eigenvalue weighted by Crippen LogP contribution is -2.59. The molecule has 0 aromatic heterocycles. The Hall–Kier alpha value is -3.63. The summed E-state index contributed by atoms with van der Waals surface area (Å²) < 4.78 is 30.5. The van der Waals surface area contributed by atoms with Gasteiger partial charge in [0.1, 0.15) is 29.4 Å². The summed E-state index contributed by atoms with van der Waals surface area (Å²) in [6, 6.07) is 2.01. The number of hydrogen-bond acceptors (Lipinski definition) is 13. The van der Waals surface area contributed by atoms with Crippen molar-refractivity contribution < 1.29 is 42.0 Å². The van der Waals surface area contributed by atoms with Crippen molar-refractivity contribution in [2.45, 2.75) is 76.1 Å². The third kappa shape index (κ3) is 18.2. The molecule has 292 valence electrons. The number of amides is 4. The van der Waals surface area contributed by atoms with E-state index in [9.17, 15) is 37.5 Å². The lowest BCUT2D eigenvalue weighted by Gasteiger charge is -2.28. The van der Waals surface area contributed by atoms with Gasteiger partial charge in [-0.2, -0.15) is 8.42 Å². The summed E-state index contributed by atoms with van der Waals surface area (Å²) in [6.07, 6.45) is 0.823. The minimum absolute atomic E-state index is 0.0208. The number of nitrogens with one attached hydrogen (secondary N) is 6. The molecule has 1 saturated heterocycles. The monoisotopic (exact) mass is 789 g/mol. The zero-order valence-corrected chi connectivity index (χ0v) is 31.9. The van der Waals surface area contributed by atoms with E-state index in [2.05, 4.69) is 36.9 Å². The van der Waals surface area contributed by atoms with Crippen LogP contribution in [0.25, 0.3) is 0 Å². The van der Waals surface area contributed by atoms with Crippen LogP contribution in [-0.4, -0.2) is 119 Å². The maximum atomic E-state index is 13.9. The molecule has 18 nitrogen and oxygen atoms in total. The first kappa shape index (κ1) is 44.5. The van der Waals surface area contributed by atoms with E-state index in [4.69, 9.17) is 16.0 Å². The molecule has 1 aliphatic rings. The largest absolute Gasteiger partial charge is 0.508 e. The normalized spacial score (nSPS) is 16.6. The molecule has 5 atom stereocenters. The van der Waals surface area contributed by atoms with E-state index in [0.29, 0.717) is 23.7 Å². The van der Waals surface area contributed by atoms with E-state index in [1.54, 1.807) is 23.9 Å². The van der Waals surface area contributed by atoms with Gasteiger partial charge in [0.15, 0.2) is 5.96 Å². The highest BCUT2D eigenvalue weighted by Crippen LogP contribution is 2.16. The lowest BCUT2D eigenvalue weighted by atomic mass is 10.0. The quantitative estimate of drug-likeness (QED) is 0.0273. The van der Waals surface area contributed by atoms with E-state index < -0.39 is 75.3 Å². The Morgan fingerprint density at radius 2 is 1.62 bits per heavy atom. The third-order valence-electron chi connectivity index (χ3n) is 7.44. The standard InChI is InChI=1S/C31H51N9O9S3/c1-18(2)15-23(40-31-35-11-12-51-31)28(45)39-24(16-20-6-8-21(41)9-7-20)29(46)38-22(5-4-10-34-30(32)33)27(44)37-19(3)26(43)36-17-25(42)50-13-14-52(47,48)49/h6-9,18-19,22-24,31,35,40-41H,4-5,10-17H2,1-3H3,(H,36,43)(H,37,44)(H,38,46)(H,39,45)(H4,32,33,34)(H,47,48,49)/t19-,22-,23-,24-,31?/m0/s1. The van der Waals surface area contributed by atoms with Crippen molar-refractivity contribution in [2.24, 2.45) is 22.4 Å². The van der Waals surface area contributed by atoms with Crippen molar-refractivity contribution in [1.82, 2.24) is 31.9 Å². The van der Waals surface area contributed by atoms with Crippen LogP contribution in [-0.2, 0) is 40.5 Å². The number of carbonyl (C=O) groups is 5. The molecule has 1 aromatic carbocycles. The Balaban J connectivity index is 2.20. The van der Waals surface area contributed by atoms with Crippen LogP contribution in [0.15, 0.2) is 29.3 Å². The topological polar surface area (TPSA) is 297 Å². The summed E-state index contributed by atoms with van der Waals surface area (Å²) in [5, 5.41) is 26.2. The Morgan fingerprint density at radius 3 is 2.21 bits per heavy atom.